The van der Waals surface area contributed by atoms with E-state index in [4.69, 9.17) is 4.74 Å². The maximum atomic E-state index is 6.03. The minimum atomic E-state index is 0.505. The Morgan fingerprint density at radius 3 is 2.45 bits per heavy atom. The maximum absolute atomic E-state index is 6.03. The Kier molecular flexibility index (Phi) is 8.41. The molecule has 2 rings (SSSR count). The Morgan fingerprint density at radius 2 is 1.73 bits per heavy atom. The van der Waals surface area contributed by atoms with E-state index in [0.717, 1.165) is 17.8 Å². The standard InChI is InChI=1S/C21H38O/c1-3-5-6-7-16-22-21-11-8-10-20(17-21)19-14-12-18(9-4-2)13-15-19/h7,16,18-21H,3-6,8-15,17H2,1-2H3/t18?,19?,20-,21-/m1/s1. The molecule has 0 radical (unpaired) electrons. The van der Waals surface area contributed by atoms with E-state index in [1.165, 1.54) is 83.5 Å². The summed E-state index contributed by atoms with van der Waals surface area (Å²) in [5.74, 6) is 2.99. The molecule has 0 aliphatic heterocycles. The van der Waals surface area contributed by atoms with Crippen molar-refractivity contribution in [1.82, 2.24) is 0 Å². The van der Waals surface area contributed by atoms with Gasteiger partial charge in [-0.05, 0) is 75.2 Å². The zero-order chi connectivity index (χ0) is 15.6. The summed E-state index contributed by atoms with van der Waals surface area (Å²) in [5, 5.41) is 0. The van der Waals surface area contributed by atoms with Crippen LogP contribution in [0.15, 0.2) is 12.3 Å². The quantitative estimate of drug-likeness (QED) is 0.351. The van der Waals surface area contributed by atoms with Crippen LogP contribution in [0, 0.1) is 17.8 Å². The average molecular weight is 307 g/mol. The second kappa shape index (κ2) is 10.3. The largest absolute Gasteiger partial charge is 0.498 e. The van der Waals surface area contributed by atoms with Gasteiger partial charge >= 0.3 is 0 Å². The zero-order valence-electron chi connectivity index (χ0n) is 15.1. The lowest BCUT2D eigenvalue weighted by molar-refractivity contribution is 0.0510. The number of unbranched alkanes of at least 4 members (excludes halogenated alkanes) is 2. The monoisotopic (exact) mass is 306 g/mol. The van der Waals surface area contributed by atoms with Crippen molar-refractivity contribution in [3.8, 4) is 0 Å². The van der Waals surface area contributed by atoms with E-state index in [-0.39, 0.29) is 0 Å². The molecule has 0 amide bonds. The molecule has 22 heavy (non-hydrogen) atoms. The van der Waals surface area contributed by atoms with E-state index >= 15 is 0 Å². The molecular formula is C21H38O. The fourth-order valence-electron chi connectivity index (χ4n) is 4.65. The molecule has 0 aromatic heterocycles. The smallest absolute Gasteiger partial charge is 0.0981 e. The van der Waals surface area contributed by atoms with Gasteiger partial charge in [0.25, 0.3) is 0 Å². The SMILES string of the molecule is CCCCC=CO[C@@H]1CCC[C@@H](C2CCC(CCC)CC2)C1. The van der Waals surface area contributed by atoms with Crippen LogP contribution < -0.4 is 0 Å². The molecule has 0 unspecified atom stereocenters. The zero-order valence-corrected chi connectivity index (χ0v) is 15.1. The van der Waals surface area contributed by atoms with Gasteiger partial charge in [-0.3, -0.25) is 0 Å². The summed E-state index contributed by atoms with van der Waals surface area (Å²) in [6.45, 7) is 4.58. The summed E-state index contributed by atoms with van der Waals surface area (Å²) in [6, 6.07) is 0. The van der Waals surface area contributed by atoms with E-state index < -0.39 is 0 Å². The number of allylic oxidation sites excluding steroid dienone is 1. The molecule has 0 aromatic carbocycles. The molecular weight excluding hydrogens is 268 g/mol. The molecule has 0 N–H and O–H groups in total. The minimum Gasteiger partial charge on any atom is -0.498 e. The highest BCUT2D eigenvalue weighted by molar-refractivity contribution is 4.84. The number of rotatable bonds is 8. The Labute approximate surface area is 138 Å². The van der Waals surface area contributed by atoms with Crippen LogP contribution in [0.3, 0.4) is 0 Å². The van der Waals surface area contributed by atoms with E-state index in [9.17, 15) is 0 Å². The van der Waals surface area contributed by atoms with Crippen molar-refractivity contribution in [2.45, 2.75) is 103 Å². The predicted molar refractivity (Wildman–Crippen MR) is 95.9 cm³/mol. The van der Waals surface area contributed by atoms with Crippen LogP contribution in [0.1, 0.15) is 97.3 Å². The first-order valence-electron chi connectivity index (χ1n) is 10.1. The van der Waals surface area contributed by atoms with Crippen molar-refractivity contribution < 1.29 is 4.74 Å². The lowest BCUT2D eigenvalue weighted by Crippen LogP contribution is -2.29. The van der Waals surface area contributed by atoms with Crippen molar-refractivity contribution in [3.05, 3.63) is 12.3 Å². The molecule has 128 valence electrons. The number of ether oxygens (including phenoxy) is 1. The van der Waals surface area contributed by atoms with Crippen LogP contribution in [-0.2, 0) is 4.74 Å². The third-order valence-electron chi connectivity index (χ3n) is 6.01. The van der Waals surface area contributed by atoms with Gasteiger partial charge in [-0.1, -0.05) is 46.0 Å². The van der Waals surface area contributed by atoms with Crippen molar-refractivity contribution in [2.75, 3.05) is 0 Å². The third-order valence-corrected chi connectivity index (χ3v) is 6.01. The third kappa shape index (κ3) is 5.97. The van der Waals surface area contributed by atoms with Gasteiger partial charge in [0.05, 0.1) is 12.4 Å². The molecule has 0 bridgehead atoms. The highest BCUT2D eigenvalue weighted by atomic mass is 16.5. The van der Waals surface area contributed by atoms with Gasteiger partial charge < -0.3 is 4.74 Å². The fraction of sp³-hybridized carbons (Fsp3) is 0.905. The average Bonchev–Trinajstić information content (AvgIpc) is 2.56. The van der Waals surface area contributed by atoms with Crippen molar-refractivity contribution in [3.63, 3.8) is 0 Å². The number of hydrogen-bond acceptors (Lipinski definition) is 1. The molecule has 2 aliphatic rings. The molecule has 0 aromatic rings. The van der Waals surface area contributed by atoms with Gasteiger partial charge in [0.2, 0.25) is 0 Å². The molecule has 1 nitrogen and oxygen atoms in total. The van der Waals surface area contributed by atoms with Crippen molar-refractivity contribution in [1.29, 1.82) is 0 Å². The maximum Gasteiger partial charge on any atom is 0.0981 e. The Bertz CT molecular complexity index is 301. The highest BCUT2D eigenvalue weighted by Crippen LogP contribution is 2.41. The second-order valence-corrected chi connectivity index (χ2v) is 7.77. The highest BCUT2D eigenvalue weighted by Gasteiger charge is 2.31. The summed E-state index contributed by atoms with van der Waals surface area (Å²) in [4.78, 5) is 0. The first-order valence-corrected chi connectivity index (χ1v) is 10.1. The van der Waals surface area contributed by atoms with Crippen LogP contribution in [0.4, 0.5) is 0 Å². The predicted octanol–water partition coefficient (Wildman–Crippen LogP) is 6.87. The lowest BCUT2D eigenvalue weighted by atomic mass is 9.70. The molecule has 0 saturated heterocycles. The van der Waals surface area contributed by atoms with Crippen LogP contribution in [0.25, 0.3) is 0 Å². The molecule has 0 spiro atoms. The van der Waals surface area contributed by atoms with E-state index in [2.05, 4.69) is 19.9 Å². The minimum absolute atomic E-state index is 0.505. The summed E-state index contributed by atoms with van der Waals surface area (Å²) in [5.41, 5.74) is 0. The number of hydrogen-bond donors (Lipinski definition) is 0. The summed E-state index contributed by atoms with van der Waals surface area (Å²) < 4.78 is 6.03. The summed E-state index contributed by atoms with van der Waals surface area (Å²) in [7, 11) is 0. The summed E-state index contributed by atoms with van der Waals surface area (Å²) in [6.07, 6.45) is 22.7. The van der Waals surface area contributed by atoms with Gasteiger partial charge in [-0.15, -0.1) is 0 Å². The Hall–Kier alpha value is -0.460. The van der Waals surface area contributed by atoms with Crippen LogP contribution in [-0.4, -0.2) is 6.10 Å². The van der Waals surface area contributed by atoms with Crippen LogP contribution in [0.5, 0.6) is 0 Å². The van der Waals surface area contributed by atoms with Gasteiger partial charge in [-0.25, -0.2) is 0 Å². The topological polar surface area (TPSA) is 9.23 Å². The fourth-order valence-corrected chi connectivity index (χ4v) is 4.65. The lowest BCUT2D eigenvalue weighted by Gasteiger charge is -2.38. The van der Waals surface area contributed by atoms with E-state index in [1.807, 2.05) is 6.26 Å². The molecule has 2 atom stereocenters. The first kappa shape index (κ1) is 17.9. The van der Waals surface area contributed by atoms with Crippen LogP contribution in [0.2, 0.25) is 0 Å². The molecule has 2 aliphatic carbocycles. The van der Waals surface area contributed by atoms with Gasteiger partial charge in [0, 0.05) is 0 Å². The second-order valence-electron chi connectivity index (χ2n) is 7.77. The normalized spacial score (nSPS) is 33.2. The summed E-state index contributed by atoms with van der Waals surface area (Å²) >= 11 is 0. The van der Waals surface area contributed by atoms with Crippen molar-refractivity contribution in [2.24, 2.45) is 17.8 Å². The molecule has 2 saturated carbocycles. The van der Waals surface area contributed by atoms with E-state index in [0.29, 0.717) is 6.10 Å². The molecule has 1 heteroatoms. The first-order chi connectivity index (χ1) is 10.8. The Balaban J connectivity index is 1.68. The van der Waals surface area contributed by atoms with Crippen molar-refractivity contribution >= 4 is 0 Å². The van der Waals surface area contributed by atoms with Crippen LogP contribution >= 0.6 is 0 Å². The van der Waals surface area contributed by atoms with Gasteiger partial charge in [0.1, 0.15) is 0 Å². The van der Waals surface area contributed by atoms with Gasteiger partial charge in [0.15, 0.2) is 0 Å². The van der Waals surface area contributed by atoms with E-state index in [1.54, 1.807) is 0 Å². The molecule has 2 fully saturated rings. The van der Waals surface area contributed by atoms with Gasteiger partial charge in [-0.2, -0.15) is 0 Å². The molecule has 0 heterocycles. The Morgan fingerprint density at radius 1 is 0.909 bits per heavy atom.